The molecular formula is C17H17NO2. The van der Waals surface area contributed by atoms with Crippen LogP contribution in [-0.4, -0.2) is 23.3 Å². The van der Waals surface area contributed by atoms with Crippen LogP contribution in [0.5, 0.6) is 0 Å². The van der Waals surface area contributed by atoms with Crippen LogP contribution in [0.15, 0.2) is 47.5 Å². The molecule has 0 spiro atoms. The van der Waals surface area contributed by atoms with E-state index in [1.54, 1.807) is 0 Å². The van der Waals surface area contributed by atoms with Crippen molar-refractivity contribution >= 4 is 22.5 Å². The van der Waals surface area contributed by atoms with Crippen LogP contribution in [0.2, 0.25) is 0 Å². The Morgan fingerprint density at radius 1 is 1.10 bits per heavy atom. The number of benzene rings is 2. The summed E-state index contributed by atoms with van der Waals surface area (Å²) in [7, 11) is 0. The molecule has 0 aromatic heterocycles. The molecule has 1 unspecified atom stereocenters. The van der Waals surface area contributed by atoms with Gasteiger partial charge in [0.1, 0.15) is 5.60 Å². The van der Waals surface area contributed by atoms with Crippen molar-refractivity contribution in [2.24, 2.45) is 4.99 Å². The number of carbonyl (C=O) groups is 1. The molecule has 0 amide bonds. The molecule has 1 aliphatic heterocycles. The van der Waals surface area contributed by atoms with E-state index in [-0.39, 0.29) is 5.97 Å². The molecule has 0 radical (unpaired) electrons. The Morgan fingerprint density at radius 3 is 2.50 bits per heavy atom. The number of aliphatic imine (C=N–C) groups is 1. The fraction of sp³-hybridized carbons (Fsp3) is 0.294. The van der Waals surface area contributed by atoms with Gasteiger partial charge in [-0.25, -0.2) is 4.79 Å². The van der Waals surface area contributed by atoms with Gasteiger partial charge in [-0.3, -0.25) is 4.99 Å². The van der Waals surface area contributed by atoms with Crippen LogP contribution in [0.3, 0.4) is 0 Å². The SMILES string of the molecule is CC(C)(C)OC(=O)C1N=C1c1ccc2ccccc2c1. The van der Waals surface area contributed by atoms with Gasteiger partial charge in [0, 0.05) is 0 Å². The number of hydrogen-bond acceptors (Lipinski definition) is 3. The topological polar surface area (TPSA) is 38.7 Å². The van der Waals surface area contributed by atoms with Crippen molar-refractivity contribution in [1.29, 1.82) is 0 Å². The smallest absolute Gasteiger partial charge is 0.337 e. The zero-order valence-electron chi connectivity index (χ0n) is 11.9. The minimum absolute atomic E-state index is 0.263. The standard InChI is InChI=1S/C17H17NO2/c1-17(2,3)20-16(19)15-14(18-15)13-9-8-11-6-4-5-7-12(11)10-13/h4-10,15H,1-3H3. The number of ether oxygens (including phenoxy) is 1. The van der Waals surface area contributed by atoms with Crippen LogP contribution in [-0.2, 0) is 9.53 Å². The second-order valence-electron chi connectivity index (χ2n) is 6.01. The summed E-state index contributed by atoms with van der Waals surface area (Å²) in [5.41, 5.74) is 1.36. The van der Waals surface area contributed by atoms with E-state index in [2.05, 4.69) is 29.3 Å². The summed E-state index contributed by atoms with van der Waals surface area (Å²) in [5.74, 6) is -0.263. The van der Waals surface area contributed by atoms with E-state index >= 15 is 0 Å². The normalized spacial score (nSPS) is 17.8. The molecule has 1 aliphatic rings. The summed E-state index contributed by atoms with van der Waals surface area (Å²) in [4.78, 5) is 16.2. The maximum Gasteiger partial charge on any atom is 0.337 e. The van der Waals surface area contributed by atoms with Gasteiger partial charge in [-0.2, -0.15) is 0 Å². The Kier molecular flexibility index (Phi) is 2.85. The minimum Gasteiger partial charge on any atom is -0.458 e. The first-order valence-corrected chi connectivity index (χ1v) is 6.74. The zero-order chi connectivity index (χ0) is 14.3. The Morgan fingerprint density at radius 2 is 1.80 bits per heavy atom. The van der Waals surface area contributed by atoms with E-state index < -0.39 is 11.6 Å². The molecular weight excluding hydrogens is 250 g/mol. The Bertz CT molecular complexity index is 710. The van der Waals surface area contributed by atoms with Crippen LogP contribution in [0, 0.1) is 0 Å². The van der Waals surface area contributed by atoms with Crippen LogP contribution in [0.1, 0.15) is 26.3 Å². The molecule has 2 aromatic carbocycles. The van der Waals surface area contributed by atoms with Crippen molar-refractivity contribution in [2.75, 3.05) is 0 Å². The molecule has 3 heteroatoms. The number of rotatable bonds is 2. The lowest BCUT2D eigenvalue weighted by Crippen LogP contribution is -2.28. The van der Waals surface area contributed by atoms with Crippen molar-refractivity contribution in [2.45, 2.75) is 32.4 Å². The van der Waals surface area contributed by atoms with E-state index in [1.165, 1.54) is 5.39 Å². The molecule has 0 saturated carbocycles. The molecule has 1 heterocycles. The van der Waals surface area contributed by atoms with Gasteiger partial charge >= 0.3 is 5.97 Å². The second-order valence-corrected chi connectivity index (χ2v) is 6.01. The van der Waals surface area contributed by atoms with E-state index in [0.29, 0.717) is 0 Å². The van der Waals surface area contributed by atoms with Gasteiger partial charge < -0.3 is 4.74 Å². The molecule has 0 N–H and O–H groups in total. The molecule has 0 fully saturated rings. The van der Waals surface area contributed by atoms with Gasteiger partial charge in [-0.1, -0.05) is 36.4 Å². The van der Waals surface area contributed by atoms with Gasteiger partial charge in [-0.05, 0) is 43.2 Å². The lowest BCUT2D eigenvalue weighted by atomic mass is 10.0. The summed E-state index contributed by atoms with van der Waals surface area (Å²) >= 11 is 0. The third-order valence-corrected chi connectivity index (χ3v) is 3.13. The van der Waals surface area contributed by atoms with E-state index in [0.717, 1.165) is 16.7 Å². The maximum absolute atomic E-state index is 11.9. The van der Waals surface area contributed by atoms with Gasteiger partial charge in [-0.15, -0.1) is 0 Å². The maximum atomic E-state index is 11.9. The molecule has 3 nitrogen and oxygen atoms in total. The third-order valence-electron chi connectivity index (χ3n) is 3.13. The van der Waals surface area contributed by atoms with E-state index in [9.17, 15) is 4.79 Å². The molecule has 0 bridgehead atoms. The molecule has 102 valence electrons. The van der Waals surface area contributed by atoms with Gasteiger partial charge in [0.2, 0.25) is 0 Å². The Labute approximate surface area is 118 Å². The Hall–Kier alpha value is -2.16. The summed E-state index contributed by atoms with van der Waals surface area (Å²) in [6.07, 6.45) is 0. The predicted molar refractivity (Wildman–Crippen MR) is 80.1 cm³/mol. The number of esters is 1. The monoisotopic (exact) mass is 267 g/mol. The number of fused-ring (bicyclic) bond motifs is 1. The van der Waals surface area contributed by atoms with E-state index in [1.807, 2.05) is 39.0 Å². The van der Waals surface area contributed by atoms with Crippen molar-refractivity contribution in [3.05, 3.63) is 48.0 Å². The van der Waals surface area contributed by atoms with Crippen molar-refractivity contribution < 1.29 is 9.53 Å². The predicted octanol–water partition coefficient (Wildman–Crippen LogP) is 3.35. The minimum atomic E-state index is -0.469. The highest BCUT2D eigenvalue weighted by molar-refractivity contribution is 6.25. The quantitative estimate of drug-likeness (QED) is 0.783. The summed E-state index contributed by atoms with van der Waals surface area (Å²) in [6.45, 7) is 5.59. The average Bonchev–Trinajstić information content (AvgIpc) is 3.16. The second kappa shape index (κ2) is 4.44. The first-order valence-electron chi connectivity index (χ1n) is 6.74. The van der Waals surface area contributed by atoms with E-state index in [4.69, 9.17) is 4.74 Å². The fourth-order valence-corrected chi connectivity index (χ4v) is 2.20. The molecule has 3 rings (SSSR count). The molecule has 0 saturated heterocycles. The largest absolute Gasteiger partial charge is 0.458 e. The summed E-state index contributed by atoms with van der Waals surface area (Å²) in [5, 5.41) is 2.34. The highest BCUT2D eigenvalue weighted by atomic mass is 16.6. The van der Waals surface area contributed by atoms with Crippen LogP contribution in [0.4, 0.5) is 0 Å². The summed E-state index contributed by atoms with van der Waals surface area (Å²) in [6, 6.07) is 13.9. The van der Waals surface area contributed by atoms with Crippen molar-refractivity contribution in [1.82, 2.24) is 0 Å². The van der Waals surface area contributed by atoms with Gasteiger partial charge in [0.15, 0.2) is 6.04 Å². The van der Waals surface area contributed by atoms with Gasteiger partial charge in [0.25, 0.3) is 0 Å². The highest BCUT2D eigenvalue weighted by Gasteiger charge is 2.39. The number of carbonyl (C=O) groups excluding carboxylic acids is 1. The lowest BCUT2D eigenvalue weighted by Gasteiger charge is -2.18. The fourth-order valence-electron chi connectivity index (χ4n) is 2.20. The first-order chi connectivity index (χ1) is 9.44. The van der Waals surface area contributed by atoms with Crippen LogP contribution >= 0.6 is 0 Å². The average molecular weight is 267 g/mol. The summed E-state index contributed by atoms with van der Waals surface area (Å²) < 4.78 is 5.35. The third kappa shape index (κ3) is 2.57. The van der Waals surface area contributed by atoms with Crippen LogP contribution < -0.4 is 0 Å². The number of nitrogens with zero attached hydrogens (tertiary/aromatic N) is 1. The van der Waals surface area contributed by atoms with Gasteiger partial charge in [0.05, 0.1) is 5.71 Å². The molecule has 20 heavy (non-hydrogen) atoms. The molecule has 1 atom stereocenters. The molecule has 0 aliphatic carbocycles. The molecule has 2 aromatic rings. The first kappa shape index (κ1) is 12.9. The van der Waals surface area contributed by atoms with Crippen molar-refractivity contribution in [3.8, 4) is 0 Å². The lowest BCUT2D eigenvalue weighted by molar-refractivity contribution is -0.153. The number of hydrogen-bond donors (Lipinski definition) is 0. The van der Waals surface area contributed by atoms with Crippen molar-refractivity contribution in [3.63, 3.8) is 0 Å². The van der Waals surface area contributed by atoms with Crippen LogP contribution in [0.25, 0.3) is 10.8 Å². The Balaban J connectivity index is 1.77. The highest BCUT2D eigenvalue weighted by Crippen LogP contribution is 2.26. The zero-order valence-corrected chi connectivity index (χ0v) is 11.9.